The van der Waals surface area contributed by atoms with E-state index in [-0.39, 0.29) is 11.6 Å². The molecule has 0 spiro atoms. The van der Waals surface area contributed by atoms with Gasteiger partial charge in [0, 0.05) is 10.3 Å². The fourth-order valence-corrected chi connectivity index (χ4v) is 5.58. The van der Waals surface area contributed by atoms with Crippen molar-refractivity contribution in [2.24, 2.45) is 0 Å². The van der Waals surface area contributed by atoms with Crippen LogP contribution in [0.1, 0.15) is 15.2 Å². The van der Waals surface area contributed by atoms with E-state index < -0.39 is 0 Å². The molecule has 3 rings (SSSR count). The van der Waals surface area contributed by atoms with Gasteiger partial charge in [-0.2, -0.15) is 0 Å². The van der Waals surface area contributed by atoms with Gasteiger partial charge in [-0.3, -0.25) is 4.79 Å². The monoisotopic (exact) mass is 418 g/mol. The van der Waals surface area contributed by atoms with Crippen LogP contribution in [0.4, 0.5) is 4.39 Å². The lowest BCUT2D eigenvalue weighted by Gasteiger charge is -1.93. The number of hydrogen-bond acceptors (Lipinski definition) is 3. The van der Waals surface area contributed by atoms with E-state index in [1.807, 2.05) is 0 Å². The number of halogens is 3. The van der Waals surface area contributed by atoms with Gasteiger partial charge in [-0.25, -0.2) is 4.39 Å². The zero-order chi connectivity index (χ0) is 13.6. The molecule has 0 amide bonds. The normalized spacial score (nSPS) is 11.1. The van der Waals surface area contributed by atoms with Crippen LogP contribution in [0, 0.1) is 5.82 Å². The smallest absolute Gasteiger partial charge is 0.205 e. The van der Waals surface area contributed by atoms with Gasteiger partial charge in [0.1, 0.15) is 5.82 Å². The van der Waals surface area contributed by atoms with Crippen LogP contribution in [0.5, 0.6) is 0 Å². The summed E-state index contributed by atoms with van der Waals surface area (Å²) in [6, 6.07) is 8.15. The van der Waals surface area contributed by atoms with Gasteiger partial charge in [-0.15, -0.1) is 22.7 Å². The molecule has 0 atom stereocenters. The lowest BCUT2D eigenvalue weighted by atomic mass is 10.2. The molecular formula is C13H5Br2FOS2. The van der Waals surface area contributed by atoms with Crippen molar-refractivity contribution in [1.29, 1.82) is 0 Å². The van der Waals surface area contributed by atoms with Gasteiger partial charge in [0.2, 0.25) is 5.78 Å². The van der Waals surface area contributed by atoms with Gasteiger partial charge in [0.05, 0.1) is 12.4 Å². The summed E-state index contributed by atoms with van der Waals surface area (Å²) in [5.41, 5.74) is 0.629. The molecule has 96 valence electrons. The highest BCUT2D eigenvalue weighted by molar-refractivity contribution is 9.12. The zero-order valence-electron chi connectivity index (χ0n) is 9.25. The predicted octanol–water partition coefficient (Wildman–Crippen LogP) is 5.86. The Bertz CT molecular complexity index is 791. The third-order valence-corrected chi connectivity index (χ3v) is 6.04. The van der Waals surface area contributed by atoms with Crippen molar-refractivity contribution in [3.05, 3.63) is 54.2 Å². The van der Waals surface area contributed by atoms with Crippen molar-refractivity contribution in [1.82, 2.24) is 0 Å². The molecule has 1 nitrogen and oxygen atoms in total. The van der Waals surface area contributed by atoms with Gasteiger partial charge in [0.25, 0.3) is 0 Å². The molecule has 0 fully saturated rings. The number of fused-ring (bicyclic) bond motifs is 1. The summed E-state index contributed by atoms with van der Waals surface area (Å²) < 4.78 is 15.6. The number of hydrogen-bond donors (Lipinski definition) is 0. The number of carbonyl (C=O) groups excluding carboxylic acids is 1. The van der Waals surface area contributed by atoms with Crippen LogP contribution in [-0.2, 0) is 0 Å². The summed E-state index contributed by atoms with van der Waals surface area (Å²) in [7, 11) is 0. The summed E-state index contributed by atoms with van der Waals surface area (Å²) in [5, 5.41) is 0.889. The lowest BCUT2D eigenvalue weighted by molar-refractivity contribution is 0.104. The maximum Gasteiger partial charge on any atom is 0.205 e. The van der Waals surface area contributed by atoms with E-state index in [9.17, 15) is 9.18 Å². The van der Waals surface area contributed by atoms with E-state index in [2.05, 4.69) is 31.9 Å². The summed E-state index contributed by atoms with van der Waals surface area (Å²) in [6.45, 7) is 0. The maximum absolute atomic E-state index is 13.1. The Balaban J connectivity index is 2.09. The zero-order valence-corrected chi connectivity index (χ0v) is 14.1. The Morgan fingerprint density at radius 1 is 1.11 bits per heavy atom. The maximum atomic E-state index is 13.1. The Labute approximate surface area is 133 Å². The average Bonchev–Trinajstić information content (AvgIpc) is 2.91. The highest BCUT2D eigenvalue weighted by atomic mass is 79.9. The van der Waals surface area contributed by atoms with Crippen LogP contribution in [-0.4, -0.2) is 5.78 Å². The van der Waals surface area contributed by atoms with Crippen molar-refractivity contribution in [3.63, 3.8) is 0 Å². The second kappa shape index (κ2) is 5.09. The Morgan fingerprint density at radius 2 is 1.89 bits per heavy atom. The van der Waals surface area contributed by atoms with E-state index in [0.717, 1.165) is 17.7 Å². The molecule has 0 radical (unpaired) electrons. The summed E-state index contributed by atoms with van der Waals surface area (Å²) >= 11 is 9.51. The number of carbonyl (C=O) groups is 1. The van der Waals surface area contributed by atoms with E-state index in [1.54, 1.807) is 18.2 Å². The summed E-state index contributed by atoms with van der Waals surface area (Å²) in [5.74, 6) is -0.330. The van der Waals surface area contributed by atoms with Gasteiger partial charge >= 0.3 is 0 Å². The molecule has 0 aliphatic heterocycles. The van der Waals surface area contributed by atoms with Crippen LogP contribution in [0.15, 0.2) is 37.9 Å². The SMILES string of the molecule is O=C(c1cc2ccc(F)cc2s1)c1cc(Br)sc1Br. The highest BCUT2D eigenvalue weighted by Crippen LogP contribution is 2.35. The summed E-state index contributed by atoms with van der Waals surface area (Å²) in [6.07, 6.45) is 0. The lowest BCUT2D eigenvalue weighted by Crippen LogP contribution is -1.96. The number of benzene rings is 1. The van der Waals surface area contributed by atoms with Crippen molar-refractivity contribution in [2.75, 3.05) is 0 Å². The Hall–Kier alpha value is -0.560. The second-order valence-corrected chi connectivity index (χ2v) is 8.69. The average molecular weight is 420 g/mol. The molecule has 19 heavy (non-hydrogen) atoms. The van der Waals surface area contributed by atoms with E-state index >= 15 is 0 Å². The molecule has 0 aliphatic carbocycles. The standard InChI is InChI=1S/C13H5Br2FOS2/c14-11-5-8(13(15)19-11)12(17)10-3-6-1-2-7(16)4-9(6)18-10/h1-5H. The largest absolute Gasteiger partial charge is 0.288 e. The van der Waals surface area contributed by atoms with Crippen LogP contribution in [0.3, 0.4) is 0 Å². The minimum Gasteiger partial charge on any atom is -0.288 e. The third-order valence-electron chi connectivity index (χ3n) is 2.61. The molecular weight excluding hydrogens is 415 g/mol. The topological polar surface area (TPSA) is 17.1 Å². The van der Waals surface area contributed by atoms with Crippen molar-refractivity contribution in [3.8, 4) is 0 Å². The molecule has 2 aromatic heterocycles. The van der Waals surface area contributed by atoms with E-state index in [1.165, 1.54) is 34.8 Å². The number of thiophene rings is 2. The van der Waals surface area contributed by atoms with Crippen LogP contribution >= 0.6 is 54.5 Å². The first kappa shape index (κ1) is 13.4. The van der Waals surface area contributed by atoms with Crippen molar-refractivity contribution in [2.45, 2.75) is 0 Å². The van der Waals surface area contributed by atoms with Crippen molar-refractivity contribution >= 4 is 70.4 Å². The van der Waals surface area contributed by atoms with Crippen LogP contribution in [0.2, 0.25) is 0 Å². The van der Waals surface area contributed by atoms with E-state index in [4.69, 9.17) is 0 Å². The second-order valence-electron chi connectivity index (χ2n) is 3.86. The number of ketones is 1. The fraction of sp³-hybridized carbons (Fsp3) is 0. The first-order valence-corrected chi connectivity index (χ1v) is 8.45. The first-order valence-electron chi connectivity index (χ1n) is 5.23. The molecule has 0 bridgehead atoms. The minimum absolute atomic E-state index is 0.0459. The molecule has 1 aromatic carbocycles. The molecule has 0 unspecified atom stereocenters. The first-order chi connectivity index (χ1) is 9.04. The third kappa shape index (κ3) is 2.54. The van der Waals surface area contributed by atoms with Crippen LogP contribution in [0.25, 0.3) is 10.1 Å². The molecule has 0 N–H and O–H groups in total. The molecule has 2 heterocycles. The number of rotatable bonds is 2. The molecule has 3 aromatic rings. The van der Waals surface area contributed by atoms with Crippen molar-refractivity contribution < 1.29 is 9.18 Å². The molecule has 0 saturated heterocycles. The highest BCUT2D eigenvalue weighted by Gasteiger charge is 2.18. The molecule has 0 aliphatic rings. The van der Waals surface area contributed by atoms with Gasteiger partial charge in [-0.05, 0) is 61.5 Å². The fourth-order valence-electron chi connectivity index (χ4n) is 1.74. The molecule has 0 saturated carbocycles. The Morgan fingerprint density at radius 3 is 2.58 bits per heavy atom. The summed E-state index contributed by atoms with van der Waals surface area (Å²) in [4.78, 5) is 13.0. The quantitative estimate of drug-likeness (QED) is 0.475. The van der Waals surface area contributed by atoms with Crippen LogP contribution < -0.4 is 0 Å². The minimum atomic E-state index is -0.284. The van der Waals surface area contributed by atoms with Gasteiger partial charge < -0.3 is 0 Å². The van der Waals surface area contributed by atoms with E-state index in [0.29, 0.717) is 10.4 Å². The Kier molecular flexibility index (Phi) is 3.59. The predicted molar refractivity (Wildman–Crippen MR) is 84.9 cm³/mol. The van der Waals surface area contributed by atoms with Gasteiger partial charge in [0.15, 0.2) is 0 Å². The molecule has 6 heteroatoms. The van der Waals surface area contributed by atoms with Gasteiger partial charge in [-0.1, -0.05) is 6.07 Å².